The van der Waals surface area contributed by atoms with Crippen molar-refractivity contribution in [3.8, 4) is 0 Å². The predicted molar refractivity (Wildman–Crippen MR) is 78.0 cm³/mol. The molecule has 2 heterocycles. The van der Waals surface area contributed by atoms with Crippen molar-refractivity contribution >= 4 is 21.6 Å². The van der Waals surface area contributed by atoms with Crippen LogP contribution in [0.2, 0.25) is 0 Å². The van der Waals surface area contributed by atoms with Crippen LogP contribution in [-0.2, 0) is 0 Å². The molecule has 3 heteroatoms. The molecule has 0 N–H and O–H groups in total. The Bertz CT molecular complexity index is 481. The summed E-state index contributed by atoms with van der Waals surface area (Å²) in [4.78, 5) is 7.24. The molecule has 2 nitrogen and oxygen atoms in total. The van der Waals surface area contributed by atoms with Crippen molar-refractivity contribution in [1.29, 1.82) is 0 Å². The molecule has 95 valence electrons. The van der Waals surface area contributed by atoms with Gasteiger partial charge >= 0.3 is 0 Å². The zero-order valence-corrected chi connectivity index (χ0v) is 11.5. The van der Waals surface area contributed by atoms with Crippen LogP contribution in [0.5, 0.6) is 0 Å². The van der Waals surface area contributed by atoms with Gasteiger partial charge in [-0.1, -0.05) is 18.6 Å². The number of thiazole rings is 1. The van der Waals surface area contributed by atoms with Gasteiger partial charge in [-0.2, -0.15) is 0 Å². The van der Waals surface area contributed by atoms with E-state index >= 15 is 0 Å². The van der Waals surface area contributed by atoms with E-state index < -0.39 is 0 Å². The van der Waals surface area contributed by atoms with Crippen LogP contribution in [0.3, 0.4) is 0 Å². The monoisotopic (exact) mass is 259 g/mol. The van der Waals surface area contributed by atoms with E-state index in [2.05, 4.69) is 36.1 Å². The number of likely N-dealkylation sites (tertiary alicyclic amines) is 1. The highest BCUT2D eigenvalue weighted by Gasteiger charge is 2.17. The highest BCUT2D eigenvalue weighted by Crippen LogP contribution is 2.28. The fraction of sp³-hybridized carbons (Fsp3) is 0.467. The summed E-state index contributed by atoms with van der Waals surface area (Å²) < 4.78 is 1.28. The van der Waals surface area contributed by atoms with Gasteiger partial charge < -0.3 is 4.90 Å². The van der Waals surface area contributed by atoms with Gasteiger partial charge in [-0.3, -0.25) is 0 Å². The van der Waals surface area contributed by atoms with Crippen molar-refractivity contribution in [3.63, 3.8) is 0 Å². The molecule has 2 aromatic rings. The molecular weight excluding hydrogens is 240 g/mol. The van der Waals surface area contributed by atoms with Crippen LogP contribution in [0.25, 0.3) is 10.2 Å². The van der Waals surface area contributed by atoms with E-state index in [0.29, 0.717) is 5.92 Å². The van der Waals surface area contributed by atoms with Crippen LogP contribution in [0.15, 0.2) is 24.3 Å². The molecule has 0 spiro atoms. The average molecular weight is 259 g/mol. The number of hydrogen-bond acceptors (Lipinski definition) is 3. The molecule has 1 aromatic carbocycles. The number of hydrogen-bond donors (Lipinski definition) is 0. The summed E-state index contributed by atoms with van der Waals surface area (Å²) in [5.74, 6) is 0.306. The first kappa shape index (κ1) is 12.1. The van der Waals surface area contributed by atoms with E-state index in [9.17, 15) is 0 Å². The van der Waals surface area contributed by atoms with Gasteiger partial charge in [-0.05, 0) is 45.0 Å². The van der Waals surface area contributed by atoms with Crippen LogP contribution in [0.1, 0.15) is 30.2 Å². The fourth-order valence-electron chi connectivity index (χ4n) is 2.60. The third kappa shape index (κ3) is 2.57. The molecule has 1 unspecified atom stereocenters. The zero-order valence-electron chi connectivity index (χ0n) is 10.6. The summed E-state index contributed by atoms with van der Waals surface area (Å²) >= 11 is 1.79. The maximum Gasteiger partial charge on any atom is 0.0982 e. The van der Waals surface area contributed by atoms with Crippen LogP contribution >= 0.6 is 11.3 Å². The first-order valence-corrected chi connectivity index (χ1v) is 7.55. The maximum atomic E-state index is 4.71. The third-order valence-corrected chi connectivity index (χ3v) is 4.79. The lowest BCUT2D eigenvalue weighted by atomic mass is 10.1. The van der Waals surface area contributed by atoms with Gasteiger partial charge in [0.1, 0.15) is 0 Å². The first-order valence-electron chi connectivity index (χ1n) is 6.74. The second-order valence-corrected chi connectivity index (χ2v) is 6.14. The normalized spacial score (nSPS) is 19.2. The average Bonchev–Trinajstić information content (AvgIpc) is 2.84. The lowest BCUT2D eigenvalue weighted by Crippen LogP contribution is -2.32. The summed E-state index contributed by atoms with van der Waals surface area (Å²) in [6.07, 6.45) is 4.07. The minimum Gasteiger partial charge on any atom is -0.303 e. The van der Waals surface area contributed by atoms with E-state index in [-0.39, 0.29) is 0 Å². The topological polar surface area (TPSA) is 16.1 Å². The second-order valence-electron chi connectivity index (χ2n) is 5.08. The fourth-order valence-corrected chi connectivity index (χ4v) is 3.57. The quantitative estimate of drug-likeness (QED) is 0.835. The van der Waals surface area contributed by atoms with Crippen LogP contribution in [0, 0.1) is 6.92 Å². The molecule has 18 heavy (non-hydrogen) atoms. The minimum atomic E-state index is 0.306. The smallest absolute Gasteiger partial charge is 0.0982 e. The molecule has 1 aromatic heterocycles. The molecule has 0 saturated carbocycles. The number of nitrogens with zero attached hydrogens (tertiary/aromatic N) is 2. The molecule has 1 saturated heterocycles. The highest BCUT2D eigenvalue weighted by molar-refractivity contribution is 7.18. The Morgan fingerprint density at radius 2 is 2.00 bits per heavy atom. The number of benzene rings is 1. The van der Waals surface area contributed by atoms with Gasteiger partial charge in [0.05, 0.1) is 15.2 Å². The van der Waals surface area contributed by atoms with E-state index in [1.165, 1.54) is 42.1 Å². The Morgan fingerprint density at radius 3 is 2.78 bits per heavy atom. The standard InChI is InChI=1S/C15H19N2S/c1-12(11-17-9-5-2-6-10-17)15-16-13-7-3-4-8-14(13)18-15/h3-4,7-8,12H,1-2,5-6,9-11H2. The van der Waals surface area contributed by atoms with Crippen LogP contribution in [0.4, 0.5) is 0 Å². The minimum absolute atomic E-state index is 0.306. The number of piperidine rings is 1. The van der Waals surface area contributed by atoms with Crippen molar-refractivity contribution < 1.29 is 0 Å². The zero-order chi connectivity index (χ0) is 12.4. The van der Waals surface area contributed by atoms with Gasteiger partial charge in [-0.25, -0.2) is 4.98 Å². The van der Waals surface area contributed by atoms with Crippen molar-refractivity contribution in [2.24, 2.45) is 0 Å². The molecule has 0 bridgehead atoms. The van der Waals surface area contributed by atoms with Gasteiger partial charge in [0.2, 0.25) is 0 Å². The highest BCUT2D eigenvalue weighted by atomic mass is 32.1. The summed E-state index contributed by atoms with van der Waals surface area (Å²) in [7, 11) is 0. The second kappa shape index (κ2) is 5.37. The molecule has 1 atom stereocenters. The third-order valence-electron chi connectivity index (χ3n) is 3.59. The Kier molecular flexibility index (Phi) is 3.62. The van der Waals surface area contributed by atoms with E-state index in [0.717, 1.165) is 12.1 Å². The lowest BCUT2D eigenvalue weighted by Gasteiger charge is -2.28. The molecule has 0 aliphatic carbocycles. The summed E-state index contributed by atoms with van der Waals surface area (Å²) in [6, 6.07) is 8.36. The molecule has 1 fully saturated rings. The van der Waals surface area contributed by atoms with E-state index in [4.69, 9.17) is 4.98 Å². The largest absolute Gasteiger partial charge is 0.303 e. The molecule has 1 aliphatic rings. The predicted octanol–water partition coefficient (Wildman–Crippen LogP) is 3.70. The number of fused-ring (bicyclic) bond motifs is 1. The SMILES string of the molecule is [CH2]C(CN1CCCCC1)c1nc2ccccc2s1. The summed E-state index contributed by atoms with van der Waals surface area (Å²) in [6.45, 7) is 7.83. The molecule has 1 radical (unpaired) electrons. The summed E-state index contributed by atoms with van der Waals surface area (Å²) in [5, 5.41) is 1.18. The molecular formula is C15H19N2S. The van der Waals surface area contributed by atoms with E-state index in [1.54, 1.807) is 11.3 Å². The first-order chi connectivity index (χ1) is 8.83. The van der Waals surface area contributed by atoms with Gasteiger partial charge in [0, 0.05) is 12.5 Å². The Balaban J connectivity index is 1.72. The molecule has 1 aliphatic heterocycles. The van der Waals surface area contributed by atoms with Crippen molar-refractivity contribution in [3.05, 3.63) is 36.2 Å². The lowest BCUT2D eigenvalue weighted by molar-refractivity contribution is 0.223. The van der Waals surface area contributed by atoms with Crippen molar-refractivity contribution in [2.45, 2.75) is 25.2 Å². The van der Waals surface area contributed by atoms with Crippen molar-refractivity contribution in [2.75, 3.05) is 19.6 Å². The molecule has 0 amide bonds. The Labute approximate surface area is 113 Å². The van der Waals surface area contributed by atoms with Gasteiger partial charge in [0.25, 0.3) is 0 Å². The number of aromatic nitrogens is 1. The Morgan fingerprint density at radius 1 is 1.22 bits per heavy atom. The summed E-state index contributed by atoms with van der Waals surface area (Å²) in [5.41, 5.74) is 1.12. The van der Waals surface area contributed by atoms with Gasteiger partial charge in [-0.15, -0.1) is 11.3 Å². The maximum absolute atomic E-state index is 4.71. The molecule has 3 rings (SSSR count). The van der Waals surface area contributed by atoms with Gasteiger partial charge in [0.15, 0.2) is 0 Å². The van der Waals surface area contributed by atoms with E-state index in [1.807, 2.05) is 0 Å². The van der Waals surface area contributed by atoms with Crippen LogP contribution in [-0.4, -0.2) is 29.5 Å². The number of para-hydroxylation sites is 1. The Hall–Kier alpha value is -0.930. The van der Waals surface area contributed by atoms with Crippen LogP contribution < -0.4 is 0 Å². The van der Waals surface area contributed by atoms with Crippen molar-refractivity contribution in [1.82, 2.24) is 9.88 Å². The number of rotatable bonds is 3.